The standard InChI is InChI=1S/C24H20FNO3S/c1-3-20-21-15-18(25)11-14-22(21)26(23(20)24(27)17-7-5-4-6-8-17)30(28,29)19-12-9-16(2)10-13-19/h3-15,20,23H,1H2,2H3/t20-,23-/m1/s1. The molecule has 0 amide bonds. The van der Waals surface area contributed by atoms with E-state index in [-0.39, 0.29) is 16.4 Å². The van der Waals surface area contributed by atoms with Crippen LogP contribution in [0, 0.1) is 12.7 Å². The summed E-state index contributed by atoms with van der Waals surface area (Å²) in [6.07, 6.45) is 1.51. The van der Waals surface area contributed by atoms with E-state index in [1.165, 1.54) is 36.4 Å². The lowest BCUT2D eigenvalue weighted by Crippen LogP contribution is -2.44. The summed E-state index contributed by atoms with van der Waals surface area (Å²) in [7, 11) is -4.08. The third kappa shape index (κ3) is 3.23. The summed E-state index contributed by atoms with van der Waals surface area (Å²) in [6, 6.07) is 17.7. The Bertz CT molecular complexity index is 1220. The van der Waals surface area contributed by atoms with E-state index in [1.807, 2.05) is 6.92 Å². The Morgan fingerprint density at radius 2 is 1.70 bits per heavy atom. The van der Waals surface area contributed by atoms with E-state index in [0.717, 1.165) is 9.87 Å². The molecule has 0 fully saturated rings. The van der Waals surface area contributed by atoms with Crippen LogP contribution in [0.3, 0.4) is 0 Å². The van der Waals surface area contributed by atoms with Crippen LogP contribution in [0.1, 0.15) is 27.4 Å². The van der Waals surface area contributed by atoms with Crippen molar-refractivity contribution in [3.8, 4) is 0 Å². The van der Waals surface area contributed by atoms with Crippen LogP contribution in [0.4, 0.5) is 10.1 Å². The molecule has 152 valence electrons. The molecule has 0 saturated carbocycles. The van der Waals surface area contributed by atoms with E-state index in [9.17, 15) is 17.6 Å². The Morgan fingerprint density at radius 3 is 2.33 bits per heavy atom. The summed E-state index contributed by atoms with van der Waals surface area (Å²) in [5.41, 5.74) is 2.01. The molecule has 3 aromatic rings. The van der Waals surface area contributed by atoms with Crippen LogP contribution in [0.2, 0.25) is 0 Å². The van der Waals surface area contributed by atoms with Crippen molar-refractivity contribution in [2.24, 2.45) is 0 Å². The number of hydrogen-bond donors (Lipinski definition) is 0. The number of halogens is 1. The predicted molar refractivity (Wildman–Crippen MR) is 115 cm³/mol. The summed E-state index contributed by atoms with van der Waals surface area (Å²) in [4.78, 5) is 13.5. The van der Waals surface area contributed by atoms with Gasteiger partial charge in [0.1, 0.15) is 11.9 Å². The molecule has 4 nitrogen and oxygen atoms in total. The highest BCUT2D eigenvalue weighted by atomic mass is 32.2. The quantitative estimate of drug-likeness (QED) is 0.437. The van der Waals surface area contributed by atoms with Crippen molar-refractivity contribution in [3.63, 3.8) is 0 Å². The van der Waals surface area contributed by atoms with Gasteiger partial charge in [0, 0.05) is 11.5 Å². The normalized spacial score (nSPS) is 18.1. The lowest BCUT2D eigenvalue weighted by Gasteiger charge is -2.28. The van der Waals surface area contributed by atoms with Gasteiger partial charge in [-0.25, -0.2) is 12.8 Å². The van der Waals surface area contributed by atoms with Gasteiger partial charge < -0.3 is 0 Å². The second-order valence-corrected chi connectivity index (χ2v) is 9.07. The highest BCUT2D eigenvalue weighted by Crippen LogP contribution is 2.46. The number of fused-ring (bicyclic) bond motifs is 1. The zero-order valence-corrected chi connectivity index (χ0v) is 17.1. The zero-order valence-electron chi connectivity index (χ0n) is 16.3. The van der Waals surface area contributed by atoms with Gasteiger partial charge in [-0.15, -0.1) is 6.58 Å². The fraction of sp³-hybridized carbons (Fsp3) is 0.125. The van der Waals surface area contributed by atoms with E-state index >= 15 is 0 Å². The van der Waals surface area contributed by atoms with Crippen LogP contribution in [0.5, 0.6) is 0 Å². The zero-order chi connectivity index (χ0) is 21.5. The molecule has 0 radical (unpaired) electrons. The van der Waals surface area contributed by atoms with E-state index < -0.39 is 27.8 Å². The molecule has 1 heterocycles. The van der Waals surface area contributed by atoms with Crippen LogP contribution in [-0.2, 0) is 10.0 Å². The summed E-state index contributed by atoms with van der Waals surface area (Å²) in [6.45, 7) is 5.66. The van der Waals surface area contributed by atoms with Crippen LogP contribution in [-0.4, -0.2) is 20.2 Å². The molecule has 0 aliphatic carbocycles. The van der Waals surface area contributed by atoms with Crippen molar-refractivity contribution in [1.82, 2.24) is 0 Å². The predicted octanol–water partition coefficient (Wildman–Crippen LogP) is 4.86. The molecule has 0 spiro atoms. The third-order valence-electron chi connectivity index (χ3n) is 5.34. The van der Waals surface area contributed by atoms with E-state index in [4.69, 9.17) is 0 Å². The number of Topliss-reactive ketones (excluding diaryl/α,β-unsaturated/α-hetero) is 1. The molecule has 0 N–H and O–H groups in total. The van der Waals surface area contributed by atoms with Gasteiger partial charge in [0.2, 0.25) is 0 Å². The number of rotatable bonds is 5. The van der Waals surface area contributed by atoms with Crippen LogP contribution in [0.15, 0.2) is 90.3 Å². The number of carbonyl (C=O) groups is 1. The minimum atomic E-state index is -4.08. The summed E-state index contributed by atoms with van der Waals surface area (Å²) in [5, 5.41) is 0. The number of ketones is 1. The number of aryl methyl sites for hydroxylation is 1. The van der Waals surface area contributed by atoms with Gasteiger partial charge in [-0.05, 0) is 42.8 Å². The van der Waals surface area contributed by atoms with Gasteiger partial charge in [0.05, 0.1) is 10.6 Å². The number of carbonyl (C=O) groups excluding carboxylic acids is 1. The Hall–Kier alpha value is -3.25. The van der Waals surface area contributed by atoms with Gasteiger partial charge in [0.25, 0.3) is 10.0 Å². The molecule has 30 heavy (non-hydrogen) atoms. The van der Waals surface area contributed by atoms with Crippen LogP contribution < -0.4 is 4.31 Å². The maximum absolute atomic E-state index is 14.0. The molecule has 0 bridgehead atoms. The SMILES string of the molecule is C=C[C@@H]1c2cc(F)ccc2N(S(=O)(=O)c2ccc(C)cc2)[C@H]1C(=O)c1ccccc1. The molecular formula is C24H20FNO3S. The minimum absolute atomic E-state index is 0.0685. The van der Waals surface area contributed by atoms with Gasteiger partial charge in [-0.1, -0.05) is 54.1 Å². The highest BCUT2D eigenvalue weighted by molar-refractivity contribution is 7.93. The molecule has 2 atom stereocenters. The molecule has 1 aliphatic rings. The molecule has 3 aromatic carbocycles. The number of anilines is 1. The van der Waals surface area contributed by atoms with Gasteiger partial charge in [0.15, 0.2) is 5.78 Å². The van der Waals surface area contributed by atoms with Crippen molar-refractivity contribution >= 4 is 21.5 Å². The molecule has 4 rings (SSSR count). The minimum Gasteiger partial charge on any atom is -0.292 e. The second-order valence-electron chi connectivity index (χ2n) is 7.25. The topological polar surface area (TPSA) is 54.5 Å². The monoisotopic (exact) mass is 421 g/mol. The molecule has 6 heteroatoms. The Morgan fingerprint density at radius 1 is 1.03 bits per heavy atom. The van der Waals surface area contributed by atoms with E-state index in [0.29, 0.717) is 11.1 Å². The van der Waals surface area contributed by atoms with Crippen molar-refractivity contribution < 1.29 is 17.6 Å². The Kier molecular flexibility index (Phi) is 5.03. The number of nitrogens with zero attached hydrogens (tertiary/aromatic N) is 1. The third-order valence-corrected chi connectivity index (χ3v) is 7.15. The first kappa shape index (κ1) is 20.0. The maximum atomic E-state index is 14.0. The molecule has 0 aromatic heterocycles. The maximum Gasteiger partial charge on any atom is 0.265 e. The van der Waals surface area contributed by atoms with E-state index in [1.54, 1.807) is 42.5 Å². The van der Waals surface area contributed by atoms with Gasteiger partial charge in [-0.2, -0.15) is 0 Å². The first-order valence-corrected chi connectivity index (χ1v) is 10.9. The Balaban J connectivity index is 1.93. The first-order valence-electron chi connectivity index (χ1n) is 9.47. The molecule has 0 saturated heterocycles. The largest absolute Gasteiger partial charge is 0.292 e. The number of benzene rings is 3. The lowest BCUT2D eigenvalue weighted by atomic mass is 9.90. The summed E-state index contributed by atoms with van der Waals surface area (Å²) >= 11 is 0. The van der Waals surface area contributed by atoms with E-state index in [2.05, 4.69) is 6.58 Å². The summed E-state index contributed by atoms with van der Waals surface area (Å²) in [5.74, 6) is -1.54. The molecule has 0 unspecified atom stereocenters. The fourth-order valence-corrected chi connectivity index (χ4v) is 5.52. The highest BCUT2D eigenvalue weighted by Gasteiger charge is 2.47. The van der Waals surface area contributed by atoms with Crippen LogP contribution in [0.25, 0.3) is 0 Å². The van der Waals surface area contributed by atoms with Gasteiger partial charge in [-0.3, -0.25) is 9.10 Å². The molecular weight excluding hydrogens is 401 g/mol. The summed E-state index contributed by atoms with van der Waals surface area (Å²) < 4.78 is 42.4. The molecule has 1 aliphatic heterocycles. The smallest absolute Gasteiger partial charge is 0.265 e. The van der Waals surface area contributed by atoms with Crippen molar-refractivity contribution in [1.29, 1.82) is 0 Å². The van der Waals surface area contributed by atoms with Crippen molar-refractivity contribution in [2.75, 3.05) is 4.31 Å². The van der Waals surface area contributed by atoms with Crippen LogP contribution >= 0.6 is 0 Å². The number of sulfonamides is 1. The first-order chi connectivity index (χ1) is 14.3. The Labute approximate surface area is 175 Å². The second kappa shape index (κ2) is 7.54. The van der Waals surface area contributed by atoms with Crippen molar-refractivity contribution in [2.45, 2.75) is 23.8 Å². The average Bonchev–Trinajstić information content (AvgIpc) is 3.08. The van der Waals surface area contributed by atoms with Crippen molar-refractivity contribution in [3.05, 3.63) is 108 Å². The fourth-order valence-electron chi connectivity index (χ4n) is 3.86. The number of hydrogen-bond acceptors (Lipinski definition) is 3. The average molecular weight is 421 g/mol. The lowest BCUT2D eigenvalue weighted by molar-refractivity contribution is 0.0960. The van der Waals surface area contributed by atoms with Gasteiger partial charge >= 0.3 is 0 Å².